The highest BCUT2D eigenvalue weighted by atomic mass is 15.3. The molecule has 0 fully saturated rings. The monoisotopic (exact) mass is 161 g/mol. The van der Waals surface area contributed by atoms with E-state index in [1.54, 1.807) is 0 Å². The molecule has 0 unspecified atom stereocenters. The molecule has 0 spiro atoms. The third-order valence-electron chi connectivity index (χ3n) is 2.60. The molecule has 2 aliphatic heterocycles. The first-order chi connectivity index (χ1) is 5.95. The predicted molar refractivity (Wildman–Crippen MR) is 47.4 cm³/mol. The number of fused-ring (bicyclic) bond motifs is 3. The van der Waals surface area contributed by atoms with E-state index in [1.165, 1.54) is 11.5 Å². The highest BCUT2D eigenvalue weighted by Crippen LogP contribution is 2.16. The maximum absolute atomic E-state index is 4.49. The summed E-state index contributed by atoms with van der Waals surface area (Å²) in [6, 6.07) is 4.25. The molecule has 1 aromatic rings. The molecule has 0 saturated heterocycles. The third kappa shape index (κ3) is 0.682. The zero-order valence-electron chi connectivity index (χ0n) is 6.90. The highest BCUT2D eigenvalue weighted by Gasteiger charge is 2.24. The van der Waals surface area contributed by atoms with Crippen molar-refractivity contribution in [3.05, 3.63) is 24.0 Å². The fourth-order valence-corrected chi connectivity index (χ4v) is 1.98. The number of rotatable bonds is 0. The predicted octanol–water partition coefficient (Wildman–Crippen LogP) is 0.564. The summed E-state index contributed by atoms with van der Waals surface area (Å²) in [5.74, 6) is 1.20. The van der Waals surface area contributed by atoms with Crippen molar-refractivity contribution < 1.29 is 0 Å². The van der Waals surface area contributed by atoms with Crippen LogP contribution >= 0.6 is 0 Å². The van der Waals surface area contributed by atoms with Gasteiger partial charge in [0.05, 0.1) is 12.2 Å². The molecular weight excluding hydrogens is 150 g/mol. The van der Waals surface area contributed by atoms with Crippen LogP contribution in [0.2, 0.25) is 0 Å². The number of aromatic nitrogens is 1. The van der Waals surface area contributed by atoms with E-state index in [0.717, 1.165) is 26.2 Å². The van der Waals surface area contributed by atoms with E-state index in [1.807, 2.05) is 0 Å². The van der Waals surface area contributed by atoms with Gasteiger partial charge in [0.15, 0.2) is 0 Å². The van der Waals surface area contributed by atoms with Crippen molar-refractivity contribution in [3.8, 4) is 0 Å². The van der Waals surface area contributed by atoms with Crippen molar-refractivity contribution in [3.63, 3.8) is 0 Å². The van der Waals surface area contributed by atoms with Gasteiger partial charge in [0, 0.05) is 25.8 Å². The number of hydrogen-bond donors (Lipinski definition) is 0. The van der Waals surface area contributed by atoms with Crippen LogP contribution in [0.4, 0.5) is 0 Å². The van der Waals surface area contributed by atoms with Gasteiger partial charge in [-0.15, -0.1) is 0 Å². The fraction of sp³-hybridized carbons (Fsp3) is 0.444. The summed E-state index contributed by atoms with van der Waals surface area (Å²) in [7, 11) is 0. The van der Waals surface area contributed by atoms with Crippen LogP contribution in [0.25, 0.3) is 0 Å². The molecule has 0 bridgehead atoms. The van der Waals surface area contributed by atoms with E-state index in [-0.39, 0.29) is 0 Å². The number of hydrogen-bond acceptors (Lipinski definition) is 2. The summed E-state index contributed by atoms with van der Waals surface area (Å²) >= 11 is 0. The molecule has 0 amide bonds. The molecule has 0 radical (unpaired) electrons. The molecule has 3 heteroatoms. The average Bonchev–Trinajstić information content (AvgIpc) is 2.71. The van der Waals surface area contributed by atoms with Crippen LogP contribution in [0.1, 0.15) is 5.69 Å². The Labute approximate surface area is 71.3 Å². The van der Waals surface area contributed by atoms with Crippen LogP contribution < -0.4 is 0 Å². The zero-order chi connectivity index (χ0) is 7.97. The topological polar surface area (TPSA) is 20.5 Å². The van der Waals surface area contributed by atoms with Gasteiger partial charge in [-0.1, -0.05) is 0 Å². The Morgan fingerprint density at radius 3 is 3.25 bits per heavy atom. The van der Waals surface area contributed by atoms with Crippen molar-refractivity contribution in [2.45, 2.75) is 6.54 Å². The van der Waals surface area contributed by atoms with E-state index in [4.69, 9.17) is 0 Å². The summed E-state index contributed by atoms with van der Waals surface area (Å²) in [6.45, 7) is 4.32. The first-order valence-electron chi connectivity index (χ1n) is 4.40. The smallest absolute Gasteiger partial charge is 0.148 e. The summed E-state index contributed by atoms with van der Waals surface area (Å²) in [5, 5.41) is 0. The van der Waals surface area contributed by atoms with Gasteiger partial charge in [-0.25, -0.2) is 0 Å². The van der Waals surface area contributed by atoms with Gasteiger partial charge >= 0.3 is 0 Å². The minimum Gasteiger partial charge on any atom is -0.352 e. The summed E-state index contributed by atoms with van der Waals surface area (Å²) in [5.41, 5.74) is 1.29. The summed E-state index contributed by atoms with van der Waals surface area (Å²) < 4.78 is 2.28. The van der Waals surface area contributed by atoms with Gasteiger partial charge in [0.1, 0.15) is 5.84 Å². The van der Waals surface area contributed by atoms with E-state index in [9.17, 15) is 0 Å². The zero-order valence-corrected chi connectivity index (χ0v) is 6.90. The second-order valence-electron chi connectivity index (χ2n) is 3.28. The Hall–Kier alpha value is -1.25. The molecule has 3 heterocycles. The van der Waals surface area contributed by atoms with Gasteiger partial charge in [0.25, 0.3) is 0 Å². The lowest BCUT2D eigenvalue weighted by atomic mass is 10.3. The van der Waals surface area contributed by atoms with Crippen molar-refractivity contribution in [1.29, 1.82) is 0 Å². The Bertz CT molecular complexity index is 337. The van der Waals surface area contributed by atoms with Crippen molar-refractivity contribution >= 4 is 5.84 Å². The highest BCUT2D eigenvalue weighted by molar-refractivity contribution is 5.99. The lowest BCUT2D eigenvalue weighted by molar-refractivity contribution is 0.404. The molecule has 62 valence electrons. The SMILES string of the molecule is c1cc2n(c1)CCN1CCN=C21. The molecule has 3 rings (SSSR count). The van der Waals surface area contributed by atoms with Gasteiger partial charge in [0.2, 0.25) is 0 Å². The number of nitrogens with zero attached hydrogens (tertiary/aromatic N) is 3. The molecular formula is C9H11N3. The van der Waals surface area contributed by atoms with Gasteiger partial charge in [-0.05, 0) is 12.1 Å². The third-order valence-corrected chi connectivity index (χ3v) is 2.60. The fourth-order valence-electron chi connectivity index (χ4n) is 1.98. The first-order valence-corrected chi connectivity index (χ1v) is 4.40. The Balaban J connectivity index is 2.15. The molecule has 0 atom stereocenters. The average molecular weight is 161 g/mol. The largest absolute Gasteiger partial charge is 0.352 e. The van der Waals surface area contributed by atoms with Crippen LogP contribution in [0.3, 0.4) is 0 Å². The van der Waals surface area contributed by atoms with Gasteiger partial charge in [-0.3, -0.25) is 4.99 Å². The van der Waals surface area contributed by atoms with E-state index in [2.05, 4.69) is 32.8 Å². The Kier molecular flexibility index (Phi) is 1.11. The first kappa shape index (κ1) is 6.29. The number of aliphatic imine (C=N–C) groups is 1. The molecule has 2 aliphatic rings. The second-order valence-corrected chi connectivity index (χ2v) is 3.28. The molecule has 0 saturated carbocycles. The van der Waals surface area contributed by atoms with E-state index < -0.39 is 0 Å². The lowest BCUT2D eigenvalue weighted by Crippen LogP contribution is -2.37. The lowest BCUT2D eigenvalue weighted by Gasteiger charge is -2.26. The maximum atomic E-state index is 4.49. The van der Waals surface area contributed by atoms with Gasteiger partial charge in [-0.2, -0.15) is 0 Å². The molecule has 1 aromatic heterocycles. The summed E-state index contributed by atoms with van der Waals surface area (Å²) in [4.78, 5) is 6.86. The van der Waals surface area contributed by atoms with E-state index in [0.29, 0.717) is 0 Å². The normalized spacial score (nSPS) is 20.3. The van der Waals surface area contributed by atoms with Crippen LogP contribution in [0.15, 0.2) is 23.3 Å². The quantitative estimate of drug-likeness (QED) is 0.544. The molecule has 0 aliphatic carbocycles. The minimum absolute atomic E-state index is 0.973. The Morgan fingerprint density at radius 2 is 2.25 bits per heavy atom. The van der Waals surface area contributed by atoms with Gasteiger partial charge < -0.3 is 9.47 Å². The second kappa shape index (κ2) is 2.12. The maximum Gasteiger partial charge on any atom is 0.148 e. The van der Waals surface area contributed by atoms with E-state index >= 15 is 0 Å². The standard InChI is InChI=1S/C9H11N3/c1-2-8-9-10-3-5-12(9)7-6-11(8)4-1/h1-2,4H,3,5-7H2. The van der Waals surface area contributed by atoms with Crippen LogP contribution in [-0.2, 0) is 6.54 Å². The summed E-state index contributed by atoms with van der Waals surface area (Å²) in [6.07, 6.45) is 2.13. The number of amidine groups is 1. The van der Waals surface area contributed by atoms with Crippen molar-refractivity contribution in [2.75, 3.05) is 19.6 Å². The van der Waals surface area contributed by atoms with Crippen molar-refractivity contribution in [2.24, 2.45) is 4.99 Å². The molecule has 0 N–H and O–H groups in total. The Morgan fingerprint density at radius 1 is 1.25 bits per heavy atom. The van der Waals surface area contributed by atoms with Crippen LogP contribution in [0.5, 0.6) is 0 Å². The molecule has 12 heavy (non-hydrogen) atoms. The van der Waals surface area contributed by atoms with Crippen LogP contribution in [-0.4, -0.2) is 34.9 Å². The van der Waals surface area contributed by atoms with Crippen LogP contribution in [0, 0.1) is 0 Å². The molecule has 3 nitrogen and oxygen atoms in total. The minimum atomic E-state index is 0.973. The van der Waals surface area contributed by atoms with Crippen molar-refractivity contribution in [1.82, 2.24) is 9.47 Å². The molecule has 0 aromatic carbocycles.